The smallest absolute Gasteiger partial charge is 0.249 e. The summed E-state index contributed by atoms with van der Waals surface area (Å²) in [5.41, 5.74) is 8.43. The molecule has 1 aromatic heterocycles. The van der Waals surface area contributed by atoms with E-state index < -0.39 is 34.9 Å². The number of ether oxygens (including phenoxy) is 1. The van der Waals surface area contributed by atoms with E-state index in [1.54, 1.807) is 37.0 Å². The van der Waals surface area contributed by atoms with E-state index in [4.69, 9.17) is 10.5 Å². The average molecular weight is 562 g/mol. The Labute approximate surface area is 230 Å². The number of likely N-dealkylation sites (tertiary alicyclic amines) is 1. The number of hydrogen-bond acceptors (Lipinski definition) is 8. The van der Waals surface area contributed by atoms with Gasteiger partial charge >= 0.3 is 0 Å². The zero-order valence-corrected chi connectivity index (χ0v) is 22.2. The van der Waals surface area contributed by atoms with Crippen LogP contribution in [0.15, 0.2) is 36.5 Å². The largest absolute Gasteiger partial charge is 0.497 e. The molecule has 216 valence electrons. The van der Waals surface area contributed by atoms with E-state index in [1.807, 2.05) is 4.90 Å². The van der Waals surface area contributed by atoms with E-state index in [2.05, 4.69) is 10.3 Å². The van der Waals surface area contributed by atoms with Crippen molar-refractivity contribution < 1.29 is 33.0 Å². The first-order valence-electron chi connectivity index (χ1n) is 13.1. The number of carbonyl (C=O) groups excluding carboxylic acids is 1. The molecule has 0 radical (unpaired) electrons. The number of anilines is 1. The molecule has 9 nitrogen and oxygen atoms in total. The second-order valence-electron chi connectivity index (χ2n) is 10.1. The van der Waals surface area contributed by atoms with Crippen LogP contribution in [0, 0.1) is 22.9 Å². The molecule has 1 atom stereocenters. The molecule has 0 aliphatic carbocycles. The van der Waals surface area contributed by atoms with E-state index in [1.165, 1.54) is 0 Å². The SMILES string of the molecule is COc1ccc2ncc(CN)c([C@H](O)CCC3(C(=O)NO)CCN(CCNc4c(F)cc(F)cc4F)CC3)c2c1. The summed E-state index contributed by atoms with van der Waals surface area (Å²) in [7, 11) is 1.55. The third-order valence-corrected chi connectivity index (χ3v) is 7.78. The Kier molecular flexibility index (Phi) is 9.46. The summed E-state index contributed by atoms with van der Waals surface area (Å²) < 4.78 is 46.3. The Morgan fingerprint density at radius 2 is 1.90 bits per heavy atom. The summed E-state index contributed by atoms with van der Waals surface area (Å²) in [5, 5.41) is 24.2. The van der Waals surface area contributed by atoms with Gasteiger partial charge in [-0.2, -0.15) is 0 Å². The lowest BCUT2D eigenvalue weighted by molar-refractivity contribution is -0.143. The van der Waals surface area contributed by atoms with Gasteiger partial charge in [0.15, 0.2) is 11.6 Å². The molecule has 40 heavy (non-hydrogen) atoms. The van der Waals surface area contributed by atoms with Gasteiger partial charge in [-0.1, -0.05) is 0 Å². The number of rotatable bonds is 11. The first-order chi connectivity index (χ1) is 19.2. The van der Waals surface area contributed by atoms with Gasteiger partial charge in [-0.25, -0.2) is 18.7 Å². The van der Waals surface area contributed by atoms with Crippen LogP contribution in [0.3, 0.4) is 0 Å². The maximum atomic E-state index is 13.9. The van der Waals surface area contributed by atoms with Crippen LogP contribution in [0.4, 0.5) is 18.9 Å². The lowest BCUT2D eigenvalue weighted by Gasteiger charge is -2.40. The van der Waals surface area contributed by atoms with Crippen LogP contribution >= 0.6 is 0 Å². The van der Waals surface area contributed by atoms with Gasteiger partial charge in [-0.05, 0) is 68.1 Å². The quantitative estimate of drug-likeness (QED) is 0.177. The number of halogens is 3. The van der Waals surface area contributed by atoms with Gasteiger partial charge in [0.05, 0.1) is 24.1 Å². The topological polar surface area (TPSA) is 133 Å². The van der Waals surface area contributed by atoms with Crippen molar-refractivity contribution in [1.29, 1.82) is 0 Å². The molecule has 0 saturated carbocycles. The standard InChI is InChI=1S/C28H34F3N5O4/c1-40-19-2-3-23-20(14-19)25(17(15-32)16-34-23)24(37)4-5-28(27(38)35-39)6-9-36(10-7-28)11-8-33-26-21(30)12-18(29)13-22(26)31/h2-3,12-14,16,24,33,37,39H,4-11,15,32H2,1H3,(H,35,38)/t24-/m1/s1. The number of benzene rings is 2. The Hall–Kier alpha value is -3.45. The number of carbonyl (C=O) groups is 1. The van der Waals surface area contributed by atoms with Crippen molar-refractivity contribution in [1.82, 2.24) is 15.4 Å². The lowest BCUT2D eigenvalue weighted by atomic mass is 9.73. The fourth-order valence-electron chi connectivity index (χ4n) is 5.44. The number of nitrogens with one attached hydrogen (secondary N) is 2. The van der Waals surface area contributed by atoms with Crippen LogP contribution in [-0.4, -0.2) is 59.4 Å². The summed E-state index contributed by atoms with van der Waals surface area (Å²) in [6, 6.07) is 6.61. The van der Waals surface area contributed by atoms with E-state index >= 15 is 0 Å². The minimum atomic E-state index is -1.01. The number of methoxy groups -OCH3 is 1. The Morgan fingerprint density at radius 3 is 2.52 bits per heavy atom. The van der Waals surface area contributed by atoms with Crippen molar-refractivity contribution >= 4 is 22.5 Å². The third kappa shape index (κ3) is 6.30. The fraction of sp³-hybridized carbons (Fsp3) is 0.429. The lowest BCUT2D eigenvalue weighted by Crippen LogP contribution is -2.49. The van der Waals surface area contributed by atoms with Crippen molar-refractivity contribution in [2.75, 3.05) is 38.6 Å². The highest BCUT2D eigenvalue weighted by Gasteiger charge is 2.41. The number of nitrogens with two attached hydrogens (primary N) is 1. The Balaban J connectivity index is 1.42. The van der Waals surface area contributed by atoms with Gasteiger partial charge in [0, 0.05) is 43.4 Å². The highest BCUT2D eigenvalue weighted by Crippen LogP contribution is 2.40. The normalized spacial score (nSPS) is 16.1. The number of hydroxylamine groups is 1. The number of pyridine rings is 1. The number of fused-ring (bicyclic) bond motifs is 1. The maximum absolute atomic E-state index is 13.9. The monoisotopic (exact) mass is 561 g/mol. The fourth-order valence-corrected chi connectivity index (χ4v) is 5.44. The second kappa shape index (κ2) is 12.8. The summed E-state index contributed by atoms with van der Waals surface area (Å²) >= 11 is 0. The number of piperidine rings is 1. The number of amides is 1. The highest BCUT2D eigenvalue weighted by molar-refractivity contribution is 5.85. The molecule has 6 N–H and O–H groups in total. The van der Waals surface area contributed by atoms with Gasteiger partial charge in [0.25, 0.3) is 0 Å². The minimum Gasteiger partial charge on any atom is -0.497 e. The molecule has 0 unspecified atom stereocenters. The third-order valence-electron chi connectivity index (χ3n) is 7.78. The maximum Gasteiger partial charge on any atom is 0.249 e. The van der Waals surface area contributed by atoms with Crippen LogP contribution in [0.25, 0.3) is 10.9 Å². The van der Waals surface area contributed by atoms with Crippen LogP contribution < -0.4 is 21.3 Å². The first kappa shape index (κ1) is 29.5. The molecule has 0 spiro atoms. The van der Waals surface area contributed by atoms with Crippen molar-refractivity contribution in [3.8, 4) is 5.75 Å². The van der Waals surface area contributed by atoms with E-state index in [0.29, 0.717) is 78.8 Å². The first-order valence-corrected chi connectivity index (χ1v) is 13.1. The summed E-state index contributed by atoms with van der Waals surface area (Å²) in [6.45, 7) is 1.79. The molecular weight excluding hydrogens is 527 g/mol. The average Bonchev–Trinajstić information content (AvgIpc) is 2.96. The van der Waals surface area contributed by atoms with E-state index in [9.17, 15) is 28.3 Å². The molecule has 1 aliphatic rings. The van der Waals surface area contributed by atoms with Crippen molar-refractivity contribution in [2.45, 2.75) is 38.3 Å². The molecule has 1 fully saturated rings. The van der Waals surface area contributed by atoms with Gasteiger partial charge in [0.2, 0.25) is 5.91 Å². The number of nitrogens with zero attached hydrogens (tertiary/aromatic N) is 2. The summed E-state index contributed by atoms with van der Waals surface area (Å²) in [5.74, 6) is -2.91. The molecule has 1 amide bonds. The van der Waals surface area contributed by atoms with Crippen LogP contribution in [0.1, 0.15) is 42.9 Å². The molecule has 0 bridgehead atoms. The van der Waals surface area contributed by atoms with Gasteiger partial charge < -0.3 is 25.8 Å². The van der Waals surface area contributed by atoms with Gasteiger partial charge in [-0.3, -0.25) is 15.0 Å². The van der Waals surface area contributed by atoms with Crippen molar-refractivity contribution in [2.24, 2.45) is 11.1 Å². The molecular formula is C28H34F3N5O4. The van der Waals surface area contributed by atoms with Gasteiger partial charge in [-0.15, -0.1) is 0 Å². The second-order valence-corrected chi connectivity index (χ2v) is 10.1. The van der Waals surface area contributed by atoms with Crippen molar-refractivity contribution in [3.63, 3.8) is 0 Å². The predicted octanol–water partition coefficient (Wildman–Crippen LogP) is 3.63. The molecule has 1 saturated heterocycles. The van der Waals surface area contributed by atoms with Gasteiger partial charge in [0.1, 0.15) is 17.3 Å². The molecule has 2 aromatic carbocycles. The van der Waals surface area contributed by atoms with Crippen molar-refractivity contribution in [3.05, 3.63) is 65.1 Å². The van der Waals surface area contributed by atoms with E-state index in [0.717, 1.165) is 0 Å². The molecule has 2 heterocycles. The Morgan fingerprint density at radius 1 is 1.20 bits per heavy atom. The van der Waals surface area contributed by atoms with Crippen LogP contribution in [0.5, 0.6) is 5.75 Å². The predicted molar refractivity (Wildman–Crippen MR) is 143 cm³/mol. The zero-order valence-electron chi connectivity index (χ0n) is 22.2. The molecule has 4 rings (SSSR count). The Bertz CT molecular complexity index is 1320. The molecule has 1 aliphatic heterocycles. The number of aromatic nitrogens is 1. The number of aliphatic hydroxyl groups is 1. The molecule has 3 aromatic rings. The number of aliphatic hydroxyl groups excluding tert-OH is 1. The minimum absolute atomic E-state index is 0.170. The summed E-state index contributed by atoms with van der Waals surface area (Å²) in [6.07, 6.45) is 2.04. The highest BCUT2D eigenvalue weighted by atomic mass is 19.1. The van der Waals surface area contributed by atoms with E-state index in [-0.39, 0.29) is 25.2 Å². The van der Waals surface area contributed by atoms with Crippen LogP contribution in [0.2, 0.25) is 0 Å². The number of hydrogen-bond donors (Lipinski definition) is 5. The summed E-state index contributed by atoms with van der Waals surface area (Å²) in [4.78, 5) is 19.3. The molecule has 12 heteroatoms. The zero-order chi connectivity index (χ0) is 28.9. The van der Waals surface area contributed by atoms with Crippen LogP contribution in [-0.2, 0) is 11.3 Å².